The molecule has 0 fully saturated rings. The van der Waals surface area contributed by atoms with E-state index in [1.165, 1.54) is 12.8 Å². The molecule has 2 nitrogen and oxygen atoms in total. The monoisotopic (exact) mass is 274 g/mol. The summed E-state index contributed by atoms with van der Waals surface area (Å²) in [5.74, 6) is 0.923. The molecule has 0 aromatic carbocycles. The fourth-order valence-corrected chi connectivity index (χ4v) is 2.32. The minimum Gasteiger partial charge on any atom is -0.302 e. The van der Waals surface area contributed by atoms with E-state index in [4.69, 9.17) is 5.26 Å². The second-order valence-corrected chi connectivity index (χ2v) is 5.09. The summed E-state index contributed by atoms with van der Waals surface area (Å²) in [4.78, 5) is 2.37. The van der Waals surface area contributed by atoms with Crippen LogP contribution in [0.5, 0.6) is 0 Å². The standard InChI is InChI=1S/C12H23BrN2/c1-4-15(10-12(3)9-14)8-6-11(2)5-7-13/h11-12H,4-8,10H2,1-3H3. The zero-order valence-corrected chi connectivity index (χ0v) is 11.8. The van der Waals surface area contributed by atoms with Crippen LogP contribution in [0.3, 0.4) is 0 Å². The molecule has 0 aromatic rings. The molecule has 88 valence electrons. The Bertz CT molecular complexity index is 189. The van der Waals surface area contributed by atoms with Gasteiger partial charge in [0, 0.05) is 11.9 Å². The van der Waals surface area contributed by atoms with E-state index in [2.05, 4.69) is 40.7 Å². The minimum atomic E-state index is 0.149. The number of alkyl halides is 1. The maximum absolute atomic E-state index is 8.76. The van der Waals surface area contributed by atoms with Crippen LogP contribution in [0.15, 0.2) is 0 Å². The Hall–Kier alpha value is -0.0700. The number of nitrogens with zero attached hydrogens (tertiary/aromatic N) is 2. The number of halogens is 1. The van der Waals surface area contributed by atoms with Crippen LogP contribution in [-0.2, 0) is 0 Å². The molecule has 3 heteroatoms. The summed E-state index contributed by atoms with van der Waals surface area (Å²) in [5.41, 5.74) is 0. The van der Waals surface area contributed by atoms with E-state index in [-0.39, 0.29) is 5.92 Å². The first-order valence-corrected chi connectivity index (χ1v) is 6.94. The van der Waals surface area contributed by atoms with E-state index in [0.717, 1.165) is 30.9 Å². The molecule has 0 aliphatic rings. The number of hydrogen-bond donors (Lipinski definition) is 0. The van der Waals surface area contributed by atoms with Crippen LogP contribution >= 0.6 is 15.9 Å². The van der Waals surface area contributed by atoms with E-state index < -0.39 is 0 Å². The van der Waals surface area contributed by atoms with Crippen LogP contribution in [0, 0.1) is 23.2 Å². The van der Waals surface area contributed by atoms with E-state index >= 15 is 0 Å². The van der Waals surface area contributed by atoms with Crippen LogP contribution in [-0.4, -0.2) is 29.9 Å². The van der Waals surface area contributed by atoms with Gasteiger partial charge in [-0.15, -0.1) is 0 Å². The second kappa shape index (κ2) is 9.18. The largest absolute Gasteiger partial charge is 0.302 e. The lowest BCUT2D eigenvalue weighted by Gasteiger charge is -2.23. The normalized spacial score (nSPS) is 14.9. The zero-order chi connectivity index (χ0) is 11.7. The van der Waals surface area contributed by atoms with Crippen molar-refractivity contribution < 1.29 is 0 Å². The van der Waals surface area contributed by atoms with Gasteiger partial charge >= 0.3 is 0 Å². The fraction of sp³-hybridized carbons (Fsp3) is 0.917. The van der Waals surface area contributed by atoms with Gasteiger partial charge in [0.25, 0.3) is 0 Å². The summed E-state index contributed by atoms with van der Waals surface area (Å²) in [6.45, 7) is 9.53. The van der Waals surface area contributed by atoms with Crippen molar-refractivity contribution in [2.45, 2.75) is 33.6 Å². The number of rotatable bonds is 8. The summed E-state index contributed by atoms with van der Waals surface area (Å²) in [5, 5.41) is 9.85. The highest BCUT2D eigenvalue weighted by Gasteiger charge is 2.09. The molecule has 15 heavy (non-hydrogen) atoms. The van der Waals surface area contributed by atoms with Crippen molar-refractivity contribution >= 4 is 15.9 Å². The Balaban J connectivity index is 3.75. The quantitative estimate of drug-likeness (QED) is 0.636. The number of hydrogen-bond acceptors (Lipinski definition) is 2. The van der Waals surface area contributed by atoms with Crippen molar-refractivity contribution in [3.8, 4) is 6.07 Å². The van der Waals surface area contributed by atoms with Crippen LogP contribution in [0.2, 0.25) is 0 Å². The lowest BCUT2D eigenvalue weighted by atomic mass is 10.0. The van der Waals surface area contributed by atoms with Gasteiger partial charge in [0.2, 0.25) is 0 Å². The smallest absolute Gasteiger partial charge is 0.0666 e. The third-order valence-corrected chi connectivity index (χ3v) is 3.20. The first-order chi connectivity index (χ1) is 7.13. The molecule has 0 aliphatic carbocycles. The predicted molar refractivity (Wildman–Crippen MR) is 69.1 cm³/mol. The van der Waals surface area contributed by atoms with Crippen LogP contribution in [0.1, 0.15) is 33.6 Å². The Labute approximate surface area is 103 Å². The first kappa shape index (κ1) is 14.9. The van der Waals surface area contributed by atoms with Crippen LogP contribution < -0.4 is 0 Å². The van der Waals surface area contributed by atoms with Gasteiger partial charge in [-0.05, 0) is 38.8 Å². The SMILES string of the molecule is CCN(CCC(C)CCBr)CC(C)C#N. The third-order valence-electron chi connectivity index (χ3n) is 2.74. The van der Waals surface area contributed by atoms with Gasteiger partial charge in [-0.2, -0.15) is 5.26 Å². The second-order valence-electron chi connectivity index (χ2n) is 4.29. The number of nitriles is 1. The van der Waals surface area contributed by atoms with Gasteiger partial charge in [0.1, 0.15) is 0 Å². The Morgan fingerprint density at radius 3 is 2.47 bits per heavy atom. The molecule has 0 amide bonds. The molecular weight excluding hydrogens is 252 g/mol. The molecule has 2 unspecified atom stereocenters. The molecule has 0 bridgehead atoms. The summed E-state index contributed by atoms with van der Waals surface area (Å²) in [7, 11) is 0. The highest BCUT2D eigenvalue weighted by atomic mass is 79.9. The molecule has 0 saturated heterocycles. The first-order valence-electron chi connectivity index (χ1n) is 5.81. The topological polar surface area (TPSA) is 27.0 Å². The Morgan fingerprint density at radius 1 is 1.33 bits per heavy atom. The highest BCUT2D eigenvalue weighted by Crippen LogP contribution is 2.10. The van der Waals surface area contributed by atoms with Crippen LogP contribution in [0.4, 0.5) is 0 Å². The average Bonchev–Trinajstić information content (AvgIpc) is 2.24. The molecule has 0 aromatic heterocycles. The summed E-state index contributed by atoms with van der Waals surface area (Å²) in [6.07, 6.45) is 2.48. The molecule has 0 saturated carbocycles. The minimum absolute atomic E-state index is 0.149. The Kier molecular flexibility index (Phi) is 9.13. The molecule has 0 heterocycles. The van der Waals surface area contributed by atoms with E-state index in [9.17, 15) is 0 Å². The molecular formula is C12H23BrN2. The summed E-state index contributed by atoms with van der Waals surface area (Å²) < 4.78 is 0. The van der Waals surface area contributed by atoms with Gasteiger partial charge in [-0.25, -0.2) is 0 Å². The van der Waals surface area contributed by atoms with Gasteiger partial charge in [0.15, 0.2) is 0 Å². The average molecular weight is 275 g/mol. The Morgan fingerprint density at radius 2 is 2.00 bits per heavy atom. The molecule has 2 atom stereocenters. The van der Waals surface area contributed by atoms with Gasteiger partial charge in [-0.1, -0.05) is 29.8 Å². The van der Waals surface area contributed by atoms with Crippen molar-refractivity contribution in [3.63, 3.8) is 0 Å². The maximum atomic E-state index is 8.76. The van der Waals surface area contributed by atoms with Crippen molar-refractivity contribution in [2.24, 2.45) is 11.8 Å². The maximum Gasteiger partial charge on any atom is 0.0666 e. The van der Waals surface area contributed by atoms with Crippen molar-refractivity contribution in [3.05, 3.63) is 0 Å². The van der Waals surface area contributed by atoms with Crippen LogP contribution in [0.25, 0.3) is 0 Å². The van der Waals surface area contributed by atoms with Gasteiger partial charge < -0.3 is 4.90 Å². The molecule has 0 aliphatic heterocycles. The lowest BCUT2D eigenvalue weighted by molar-refractivity contribution is 0.249. The summed E-state index contributed by atoms with van der Waals surface area (Å²) >= 11 is 3.47. The molecule has 0 rings (SSSR count). The van der Waals surface area contributed by atoms with Crippen molar-refractivity contribution in [1.29, 1.82) is 5.26 Å². The fourth-order valence-electron chi connectivity index (χ4n) is 1.54. The van der Waals surface area contributed by atoms with E-state index in [1.54, 1.807) is 0 Å². The van der Waals surface area contributed by atoms with Gasteiger partial charge in [-0.3, -0.25) is 0 Å². The molecule has 0 N–H and O–H groups in total. The molecule has 0 spiro atoms. The van der Waals surface area contributed by atoms with E-state index in [1.807, 2.05) is 6.92 Å². The van der Waals surface area contributed by atoms with Crippen molar-refractivity contribution in [1.82, 2.24) is 4.90 Å². The summed E-state index contributed by atoms with van der Waals surface area (Å²) in [6, 6.07) is 2.29. The zero-order valence-electron chi connectivity index (χ0n) is 10.2. The molecule has 0 radical (unpaired) electrons. The third kappa shape index (κ3) is 7.81. The van der Waals surface area contributed by atoms with Gasteiger partial charge in [0.05, 0.1) is 12.0 Å². The highest BCUT2D eigenvalue weighted by molar-refractivity contribution is 9.09. The van der Waals surface area contributed by atoms with E-state index in [0.29, 0.717) is 0 Å². The lowest BCUT2D eigenvalue weighted by Crippen LogP contribution is -2.30. The predicted octanol–water partition coefficient (Wildman–Crippen LogP) is 3.28. The van der Waals surface area contributed by atoms with Crippen molar-refractivity contribution in [2.75, 3.05) is 25.0 Å².